The molecule has 0 saturated heterocycles. The van der Waals surface area contributed by atoms with Crippen LogP contribution < -0.4 is 4.90 Å². The van der Waals surface area contributed by atoms with E-state index in [0.717, 1.165) is 0 Å². The van der Waals surface area contributed by atoms with E-state index in [-0.39, 0.29) is 23.0 Å². The van der Waals surface area contributed by atoms with Gasteiger partial charge in [0.2, 0.25) is 5.95 Å². The number of carbonyl (C=O) groups excluding carboxylic acids is 1. The molecule has 0 aliphatic heterocycles. The van der Waals surface area contributed by atoms with Crippen LogP contribution >= 0.6 is 11.6 Å². The molecule has 0 unspecified atom stereocenters. The molecule has 0 aromatic carbocycles. The molecule has 3 heterocycles. The Morgan fingerprint density at radius 2 is 2.09 bits per heavy atom. The lowest BCUT2D eigenvalue weighted by Crippen LogP contribution is -2.14. The summed E-state index contributed by atoms with van der Waals surface area (Å²) in [5.41, 5.74) is 1.14. The highest BCUT2D eigenvalue weighted by Gasteiger charge is 2.20. The molecular weight excluding hydrogens is 310 g/mol. The number of ether oxygens (including phenoxy) is 1. The zero-order valence-corrected chi connectivity index (χ0v) is 12.9. The van der Waals surface area contributed by atoms with Gasteiger partial charge in [0.15, 0.2) is 22.0 Å². The average molecular weight is 322 g/mol. The second-order valence-electron chi connectivity index (χ2n) is 4.60. The number of fused-ring (bicyclic) bond motifs is 3. The van der Waals surface area contributed by atoms with Crippen LogP contribution in [-0.2, 0) is 4.74 Å². The highest BCUT2D eigenvalue weighted by atomic mass is 35.5. The van der Waals surface area contributed by atoms with Crippen LogP contribution in [0.2, 0.25) is 5.15 Å². The molecule has 3 aromatic rings. The maximum Gasteiger partial charge on any atom is 0.343 e. The number of nitrogens with zero attached hydrogens (tertiary/aromatic N) is 7. The predicted octanol–water partition coefficient (Wildman–Crippen LogP) is 0.964. The lowest BCUT2D eigenvalue weighted by atomic mass is 10.3. The molecule has 0 aliphatic carbocycles. The van der Waals surface area contributed by atoms with Crippen molar-refractivity contribution < 1.29 is 9.53 Å². The number of hydrogen-bond donors (Lipinski definition) is 0. The van der Waals surface area contributed by atoms with Gasteiger partial charge in [-0.05, 0) is 6.92 Å². The molecule has 0 radical (unpaired) electrons. The second kappa shape index (κ2) is 5.34. The van der Waals surface area contributed by atoms with E-state index in [4.69, 9.17) is 16.3 Å². The van der Waals surface area contributed by atoms with Crippen molar-refractivity contribution in [3.05, 3.63) is 16.9 Å². The first kappa shape index (κ1) is 14.4. The van der Waals surface area contributed by atoms with Crippen molar-refractivity contribution >= 4 is 40.3 Å². The Kier molecular flexibility index (Phi) is 3.49. The van der Waals surface area contributed by atoms with Crippen LogP contribution in [0.25, 0.3) is 16.8 Å². The molecule has 0 bridgehead atoms. The summed E-state index contributed by atoms with van der Waals surface area (Å²) in [6.07, 6.45) is 1.37. The first-order valence-corrected chi connectivity index (χ1v) is 6.82. The maximum atomic E-state index is 11.9. The fraction of sp³-hybridized carbons (Fsp3) is 0.333. The Morgan fingerprint density at radius 1 is 1.32 bits per heavy atom. The van der Waals surface area contributed by atoms with Gasteiger partial charge in [0.1, 0.15) is 5.56 Å². The van der Waals surface area contributed by atoms with Crippen molar-refractivity contribution in [3.63, 3.8) is 0 Å². The van der Waals surface area contributed by atoms with Gasteiger partial charge in [-0.2, -0.15) is 19.6 Å². The van der Waals surface area contributed by atoms with Crippen LogP contribution in [0.1, 0.15) is 17.3 Å². The molecule has 0 amide bonds. The zero-order valence-electron chi connectivity index (χ0n) is 12.1. The minimum Gasteiger partial charge on any atom is -0.462 e. The van der Waals surface area contributed by atoms with Gasteiger partial charge in [0.05, 0.1) is 12.8 Å². The molecule has 10 heteroatoms. The summed E-state index contributed by atoms with van der Waals surface area (Å²) >= 11 is 6.11. The molecule has 0 saturated carbocycles. The highest BCUT2D eigenvalue weighted by Crippen LogP contribution is 2.22. The minimum atomic E-state index is -0.515. The van der Waals surface area contributed by atoms with Gasteiger partial charge in [-0.3, -0.25) is 0 Å². The predicted molar refractivity (Wildman–Crippen MR) is 79.2 cm³/mol. The topological polar surface area (TPSA) is 98.4 Å². The van der Waals surface area contributed by atoms with Gasteiger partial charge < -0.3 is 9.64 Å². The molecule has 0 atom stereocenters. The van der Waals surface area contributed by atoms with Crippen LogP contribution in [-0.4, -0.2) is 56.5 Å². The van der Waals surface area contributed by atoms with Gasteiger partial charge in [-0.25, -0.2) is 4.79 Å². The number of aromatic nitrogens is 6. The van der Waals surface area contributed by atoms with Crippen LogP contribution in [0.3, 0.4) is 0 Å². The summed E-state index contributed by atoms with van der Waals surface area (Å²) in [6.45, 7) is 1.98. The van der Waals surface area contributed by atoms with Gasteiger partial charge in [-0.1, -0.05) is 11.6 Å². The van der Waals surface area contributed by atoms with E-state index in [2.05, 4.69) is 25.3 Å². The Labute approximate surface area is 129 Å². The third-order valence-corrected chi connectivity index (χ3v) is 3.16. The van der Waals surface area contributed by atoms with Crippen molar-refractivity contribution in [2.75, 3.05) is 25.6 Å². The summed E-state index contributed by atoms with van der Waals surface area (Å²) in [5, 5.41) is 12.3. The largest absolute Gasteiger partial charge is 0.462 e. The Morgan fingerprint density at radius 3 is 2.77 bits per heavy atom. The average Bonchev–Trinajstić information content (AvgIpc) is 2.91. The van der Waals surface area contributed by atoms with Crippen LogP contribution in [0.5, 0.6) is 0 Å². The fourth-order valence-corrected chi connectivity index (χ4v) is 2.08. The number of hydrogen-bond acceptors (Lipinski definition) is 8. The number of esters is 1. The summed E-state index contributed by atoms with van der Waals surface area (Å²) in [5.74, 6) is -0.112. The smallest absolute Gasteiger partial charge is 0.343 e. The van der Waals surface area contributed by atoms with Gasteiger partial charge in [0, 0.05) is 14.1 Å². The monoisotopic (exact) mass is 321 g/mol. The third kappa shape index (κ3) is 2.19. The molecule has 0 spiro atoms. The summed E-state index contributed by atoms with van der Waals surface area (Å²) < 4.78 is 6.36. The van der Waals surface area contributed by atoms with E-state index < -0.39 is 5.97 Å². The van der Waals surface area contributed by atoms with Crippen molar-refractivity contribution in [2.24, 2.45) is 0 Å². The lowest BCUT2D eigenvalue weighted by molar-refractivity contribution is 0.0528. The Bertz CT molecular complexity index is 877. The summed E-state index contributed by atoms with van der Waals surface area (Å²) in [4.78, 5) is 22.1. The number of halogens is 1. The molecule has 3 rings (SSSR count). The molecule has 9 nitrogen and oxygen atoms in total. The van der Waals surface area contributed by atoms with Gasteiger partial charge >= 0.3 is 5.97 Å². The standard InChI is InChI=1S/C12H12ClN7O2/c1-4-22-11(21)6-5-14-20-9(6)18-17-7-8(13)15-12(19(2)3)16-10(7)20/h5H,4H2,1-3H3. The zero-order chi connectivity index (χ0) is 15.9. The van der Waals surface area contributed by atoms with Crippen LogP contribution in [0.4, 0.5) is 5.95 Å². The first-order valence-electron chi connectivity index (χ1n) is 6.45. The van der Waals surface area contributed by atoms with E-state index in [9.17, 15) is 4.79 Å². The minimum absolute atomic E-state index is 0.163. The SMILES string of the molecule is CCOC(=O)c1cnn2c1nnc1c(Cl)nc(N(C)C)nc12. The van der Waals surface area contributed by atoms with E-state index in [1.165, 1.54) is 10.7 Å². The second-order valence-corrected chi connectivity index (χ2v) is 4.95. The maximum absolute atomic E-state index is 11.9. The third-order valence-electron chi connectivity index (χ3n) is 2.90. The van der Waals surface area contributed by atoms with Crippen LogP contribution in [0, 0.1) is 0 Å². The van der Waals surface area contributed by atoms with Crippen molar-refractivity contribution in [3.8, 4) is 0 Å². The molecule has 22 heavy (non-hydrogen) atoms. The molecule has 0 N–H and O–H groups in total. The number of anilines is 1. The lowest BCUT2D eigenvalue weighted by Gasteiger charge is -2.11. The van der Waals surface area contributed by atoms with E-state index in [0.29, 0.717) is 17.1 Å². The molecule has 114 valence electrons. The van der Waals surface area contributed by atoms with E-state index >= 15 is 0 Å². The summed E-state index contributed by atoms with van der Waals surface area (Å²) in [6, 6.07) is 0. The van der Waals surface area contributed by atoms with Gasteiger partial charge in [0.25, 0.3) is 0 Å². The fourth-order valence-electron chi connectivity index (χ4n) is 1.88. The number of carbonyl (C=O) groups is 1. The molecular formula is C12H12ClN7O2. The number of rotatable bonds is 3. The summed E-state index contributed by atoms with van der Waals surface area (Å²) in [7, 11) is 3.58. The molecule has 3 aromatic heterocycles. The highest BCUT2D eigenvalue weighted by molar-refractivity contribution is 6.33. The Hall–Kier alpha value is -2.55. The van der Waals surface area contributed by atoms with Crippen LogP contribution in [0.15, 0.2) is 6.20 Å². The van der Waals surface area contributed by atoms with E-state index in [1.54, 1.807) is 25.9 Å². The van der Waals surface area contributed by atoms with Crippen molar-refractivity contribution in [1.82, 2.24) is 29.8 Å². The van der Waals surface area contributed by atoms with Crippen molar-refractivity contribution in [2.45, 2.75) is 6.92 Å². The van der Waals surface area contributed by atoms with E-state index in [1.807, 2.05) is 0 Å². The van der Waals surface area contributed by atoms with Crippen molar-refractivity contribution in [1.29, 1.82) is 0 Å². The quantitative estimate of drug-likeness (QED) is 0.519. The normalized spacial score (nSPS) is 11.1. The molecule has 0 aliphatic rings. The first-order chi connectivity index (χ1) is 10.5. The molecule has 0 fully saturated rings. The Balaban J connectivity index is 2.29. The van der Waals surface area contributed by atoms with Gasteiger partial charge in [-0.15, -0.1) is 10.2 Å².